The Hall–Kier alpha value is -2.67. The number of anilines is 1. The second kappa shape index (κ2) is 6.33. The molecule has 1 aliphatic rings. The summed E-state index contributed by atoms with van der Waals surface area (Å²) in [5, 5.41) is 0. The number of carbonyl (C=O) groups is 1. The zero-order valence-corrected chi connectivity index (χ0v) is 14.9. The fraction of sp³-hybridized carbons (Fsp3) is 0.278. The maximum atomic E-state index is 12.4. The minimum absolute atomic E-state index is 0.0342. The third-order valence-electron chi connectivity index (χ3n) is 4.31. The summed E-state index contributed by atoms with van der Waals surface area (Å²) in [5.74, 6) is 0.700. The highest BCUT2D eigenvalue weighted by atomic mass is 32.1. The second-order valence-electron chi connectivity index (χ2n) is 6.24. The molecule has 6 nitrogen and oxygen atoms in total. The summed E-state index contributed by atoms with van der Waals surface area (Å²) in [6.07, 6.45) is -0.516. The van der Waals surface area contributed by atoms with Crippen molar-refractivity contribution >= 4 is 34.4 Å². The normalized spacial score (nSPS) is 16.4. The molecular formula is C18H18N4O2S. The predicted molar refractivity (Wildman–Crippen MR) is 98.0 cm³/mol. The van der Waals surface area contributed by atoms with E-state index in [1.807, 2.05) is 36.4 Å². The Kier molecular flexibility index (Phi) is 4.01. The molecule has 0 bridgehead atoms. The Morgan fingerprint density at radius 1 is 1.24 bits per heavy atom. The van der Waals surface area contributed by atoms with E-state index in [4.69, 9.17) is 4.74 Å². The van der Waals surface area contributed by atoms with E-state index in [2.05, 4.69) is 19.7 Å². The van der Waals surface area contributed by atoms with Crippen LogP contribution in [0.25, 0.3) is 11.0 Å². The quantitative estimate of drug-likeness (QED) is 0.723. The van der Waals surface area contributed by atoms with Crippen LogP contribution in [0.2, 0.25) is 0 Å². The molecule has 0 saturated carbocycles. The van der Waals surface area contributed by atoms with E-state index >= 15 is 0 Å². The SMILES string of the molecule is CN(C)C(=O)C1CN(Cc2cccc3nsnc23)c2ccccc2O1. The molecular weight excluding hydrogens is 336 g/mol. The molecule has 2 aromatic carbocycles. The van der Waals surface area contributed by atoms with Crippen molar-refractivity contribution in [1.82, 2.24) is 13.6 Å². The van der Waals surface area contributed by atoms with E-state index in [1.54, 1.807) is 19.0 Å². The van der Waals surface area contributed by atoms with Crippen LogP contribution < -0.4 is 9.64 Å². The van der Waals surface area contributed by atoms with Crippen LogP contribution in [0.4, 0.5) is 5.69 Å². The highest BCUT2D eigenvalue weighted by Crippen LogP contribution is 2.35. The fourth-order valence-electron chi connectivity index (χ4n) is 3.07. The molecule has 0 aliphatic carbocycles. The Bertz CT molecular complexity index is 924. The first-order valence-electron chi connectivity index (χ1n) is 8.05. The molecule has 2 heterocycles. The molecule has 1 unspecified atom stereocenters. The third-order valence-corrected chi connectivity index (χ3v) is 4.85. The summed E-state index contributed by atoms with van der Waals surface area (Å²) in [5.41, 5.74) is 3.92. The number of fused-ring (bicyclic) bond motifs is 2. The zero-order valence-electron chi connectivity index (χ0n) is 14.0. The van der Waals surface area contributed by atoms with Crippen LogP contribution in [0.15, 0.2) is 42.5 Å². The Balaban J connectivity index is 1.70. The van der Waals surface area contributed by atoms with Crippen molar-refractivity contribution in [2.24, 2.45) is 0 Å². The van der Waals surface area contributed by atoms with E-state index in [0.29, 0.717) is 13.1 Å². The van der Waals surface area contributed by atoms with Gasteiger partial charge >= 0.3 is 0 Å². The van der Waals surface area contributed by atoms with Crippen LogP contribution in [0.5, 0.6) is 5.75 Å². The van der Waals surface area contributed by atoms with Gasteiger partial charge < -0.3 is 14.5 Å². The predicted octanol–water partition coefficient (Wildman–Crippen LogP) is 2.55. The van der Waals surface area contributed by atoms with Crippen molar-refractivity contribution in [2.45, 2.75) is 12.6 Å². The van der Waals surface area contributed by atoms with Crippen LogP contribution in [-0.4, -0.2) is 46.3 Å². The maximum absolute atomic E-state index is 12.4. The minimum Gasteiger partial charge on any atom is -0.477 e. The molecule has 1 amide bonds. The van der Waals surface area contributed by atoms with Crippen molar-refractivity contribution in [3.8, 4) is 5.75 Å². The number of hydrogen-bond acceptors (Lipinski definition) is 6. The molecule has 1 aromatic heterocycles. The summed E-state index contributed by atoms with van der Waals surface area (Å²) >= 11 is 1.22. The summed E-state index contributed by atoms with van der Waals surface area (Å²) in [7, 11) is 3.50. The third kappa shape index (κ3) is 2.91. The lowest BCUT2D eigenvalue weighted by Gasteiger charge is -2.36. The lowest BCUT2D eigenvalue weighted by atomic mass is 10.1. The Morgan fingerprint density at radius 2 is 2.08 bits per heavy atom. The van der Waals surface area contributed by atoms with E-state index < -0.39 is 6.10 Å². The van der Waals surface area contributed by atoms with E-state index in [-0.39, 0.29) is 5.91 Å². The van der Waals surface area contributed by atoms with Crippen molar-refractivity contribution in [1.29, 1.82) is 0 Å². The molecule has 1 aliphatic heterocycles. The van der Waals surface area contributed by atoms with E-state index in [9.17, 15) is 4.79 Å². The van der Waals surface area contributed by atoms with Gasteiger partial charge in [0.05, 0.1) is 24.0 Å². The van der Waals surface area contributed by atoms with Gasteiger partial charge in [-0.1, -0.05) is 24.3 Å². The van der Waals surface area contributed by atoms with Crippen molar-refractivity contribution in [3.05, 3.63) is 48.0 Å². The van der Waals surface area contributed by atoms with Crippen LogP contribution in [0.1, 0.15) is 5.56 Å². The molecule has 128 valence electrons. The summed E-state index contributed by atoms with van der Waals surface area (Å²) in [6.45, 7) is 1.16. The first-order chi connectivity index (χ1) is 12.1. The average Bonchev–Trinajstić information content (AvgIpc) is 3.10. The largest absolute Gasteiger partial charge is 0.477 e. The Labute approximate surface area is 150 Å². The van der Waals surface area contributed by atoms with Gasteiger partial charge in [-0.15, -0.1) is 0 Å². The average molecular weight is 354 g/mol. The molecule has 0 saturated heterocycles. The molecule has 0 N–H and O–H groups in total. The lowest BCUT2D eigenvalue weighted by molar-refractivity contribution is -0.136. The maximum Gasteiger partial charge on any atom is 0.265 e. The number of carbonyl (C=O) groups excluding carboxylic acids is 1. The van der Waals surface area contributed by atoms with Crippen LogP contribution >= 0.6 is 11.7 Å². The summed E-state index contributed by atoms with van der Waals surface area (Å²) in [6, 6.07) is 13.8. The van der Waals surface area contributed by atoms with Crippen LogP contribution in [0, 0.1) is 0 Å². The highest BCUT2D eigenvalue weighted by molar-refractivity contribution is 7.00. The summed E-state index contributed by atoms with van der Waals surface area (Å²) < 4.78 is 14.7. The van der Waals surface area contributed by atoms with Crippen LogP contribution in [0.3, 0.4) is 0 Å². The van der Waals surface area contributed by atoms with Gasteiger partial charge in [0.1, 0.15) is 16.8 Å². The van der Waals surface area contributed by atoms with Gasteiger partial charge in [0.25, 0.3) is 5.91 Å². The van der Waals surface area contributed by atoms with Gasteiger partial charge in [-0.25, -0.2) is 0 Å². The summed E-state index contributed by atoms with van der Waals surface area (Å²) in [4.78, 5) is 16.2. The topological polar surface area (TPSA) is 58.6 Å². The highest BCUT2D eigenvalue weighted by Gasteiger charge is 2.31. The first kappa shape index (κ1) is 15.8. The number of hydrogen-bond donors (Lipinski definition) is 0. The molecule has 1 atom stereocenters. The number of nitrogens with zero attached hydrogens (tertiary/aromatic N) is 4. The van der Waals surface area contributed by atoms with Gasteiger partial charge in [-0.05, 0) is 18.2 Å². The standard InChI is InChI=1S/C18H18N4O2S/c1-21(2)18(23)16-11-22(14-8-3-4-9-15(14)24-16)10-12-6-5-7-13-17(12)20-25-19-13/h3-9,16H,10-11H2,1-2H3. The molecule has 25 heavy (non-hydrogen) atoms. The number of para-hydroxylation sites is 2. The van der Waals surface area contributed by atoms with Gasteiger partial charge in [0, 0.05) is 26.2 Å². The molecule has 7 heteroatoms. The second-order valence-corrected chi connectivity index (χ2v) is 6.76. The van der Waals surface area contributed by atoms with Gasteiger partial charge in [-0.3, -0.25) is 4.79 Å². The Morgan fingerprint density at radius 3 is 2.92 bits per heavy atom. The van der Waals surface area contributed by atoms with E-state index in [0.717, 1.165) is 28.0 Å². The monoisotopic (exact) mass is 354 g/mol. The van der Waals surface area contributed by atoms with Crippen molar-refractivity contribution in [3.63, 3.8) is 0 Å². The number of likely N-dealkylation sites (N-methyl/N-ethyl adjacent to an activating group) is 1. The van der Waals surface area contributed by atoms with Gasteiger partial charge in [-0.2, -0.15) is 8.75 Å². The lowest BCUT2D eigenvalue weighted by Crippen LogP contribution is -2.48. The smallest absolute Gasteiger partial charge is 0.265 e. The van der Waals surface area contributed by atoms with Crippen LogP contribution in [-0.2, 0) is 11.3 Å². The van der Waals surface area contributed by atoms with Gasteiger partial charge in [0.15, 0.2) is 6.10 Å². The zero-order chi connectivity index (χ0) is 17.4. The molecule has 0 spiro atoms. The van der Waals surface area contributed by atoms with Crippen molar-refractivity contribution in [2.75, 3.05) is 25.5 Å². The number of aromatic nitrogens is 2. The molecule has 3 aromatic rings. The number of ether oxygens (including phenoxy) is 1. The minimum atomic E-state index is -0.516. The van der Waals surface area contributed by atoms with E-state index in [1.165, 1.54) is 11.7 Å². The number of amides is 1. The van der Waals surface area contributed by atoms with Gasteiger partial charge in [0.2, 0.25) is 0 Å². The molecule has 4 rings (SSSR count). The first-order valence-corrected chi connectivity index (χ1v) is 8.78. The molecule has 0 radical (unpaired) electrons. The number of benzene rings is 2. The van der Waals surface area contributed by atoms with Crippen molar-refractivity contribution < 1.29 is 9.53 Å². The number of rotatable bonds is 3. The fourth-order valence-corrected chi connectivity index (χ4v) is 3.64. The molecule has 0 fully saturated rings.